The number of likely N-dealkylation sites (tertiary alicyclic amines) is 1. The van der Waals surface area contributed by atoms with Gasteiger partial charge in [0.05, 0.1) is 10.3 Å². The number of carbonyl (C=O) groups is 2. The summed E-state index contributed by atoms with van der Waals surface area (Å²) in [5.41, 5.74) is 0.174. The number of aliphatic carboxylic acids is 1. The summed E-state index contributed by atoms with van der Waals surface area (Å²) >= 11 is 1.42. The molecule has 1 atom stereocenters. The Kier molecular flexibility index (Phi) is 3.67. The Morgan fingerprint density at radius 2 is 2.16 bits per heavy atom. The average Bonchev–Trinajstić information content (AvgIpc) is 2.94. The second-order valence-corrected chi connectivity index (χ2v) is 6.44. The van der Waals surface area contributed by atoms with Gasteiger partial charge in [0.15, 0.2) is 0 Å². The molecule has 104 valence electrons. The molecule has 1 fully saturated rings. The highest BCUT2D eigenvalue weighted by Crippen LogP contribution is 2.39. The van der Waals surface area contributed by atoms with Gasteiger partial charge in [-0.15, -0.1) is 11.3 Å². The zero-order chi connectivity index (χ0) is 14.2. The van der Waals surface area contributed by atoms with Crippen LogP contribution in [0.2, 0.25) is 0 Å². The summed E-state index contributed by atoms with van der Waals surface area (Å²) in [7, 11) is 0. The first-order valence-corrected chi connectivity index (χ1v) is 7.33. The summed E-state index contributed by atoms with van der Waals surface area (Å²) in [6, 6.07) is 1.92. The van der Waals surface area contributed by atoms with Gasteiger partial charge >= 0.3 is 5.97 Å². The van der Waals surface area contributed by atoms with E-state index >= 15 is 0 Å². The van der Waals surface area contributed by atoms with E-state index in [9.17, 15) is 14.7 Å². The van der Waals surface area contributed by atoms with Crippen LogP contribution >= 0.6 is 11.3 Å². The van der Waals surface area contributed by atoms with Crippen molar-refractivity contribution in [2.45, 2.75) is 27.2 Å². The SMILES string of the molecule is Cc1ccsc1C(=O)N1CCC(C(=O)O)(C(C)C)C1. The number of carboxylic acids is 1. The summed E-state index contributed by atoms with van der Waals surface area (Å²) in [6.07, 6.45) is 0.538. The molecule has 0 saturated carbocycles. The monoisotopic (exact) mass is 281 g/mol. The van der Waals surface area contributed by atoms with Crippen molar-refractivity contribution in [3.63, 3.8) is 0 Å². The van der Waals surface area contributed by atoms with Gasteiger partial charge in [-0.25, -0.2) is 0 Å². The molecule has 0 aromatic carbocycles. The normalized spacial score (nSPS) is 23.1. The van der Waals surface area contributed by atoms with Gasteiger partial charge in [-0.05, 0) is 36.3 Å². The molecular weight excluding hydrogens is 262 g/mol. The molecule has 1 unspecified atom stereocenters. The first-order valence-electron chi connectivity index (χ1n) is 6.45. The van der Waals surface area contributed by atoms with Crippen molar-refractivity contribution >= 4 is 23.2 Å². The number of rotatable bonds is 3. The van der Waals surface area contributed by atoms with Crippen LogP contribution in [0.3, 0.4) is 0 Å². The van der Waals surface area contributed by atoms with Gasteiger partial charge in [0.25, 0.3) is 5.91 Å². The number of hydrogen-bond donors (Lipinski definition) is 1. The van der Waals surface area contributed by atoms with Crippen molar-refractivity contribution in [1.82, 2.24) is 4.90 Å². The topological polar surface area (TPSA) is 57.6 Å². The van der Waals surface area contributed by atoms with Crippen molar-refractivity contribution in [2.24, 2.45) is 11.3 Å². The molecular formula is C14H19NO3S. The van der Waals surface area contributed by atoms with Gasteiger partial charge < -0.3 is 10.0 Å². The number of hydrogen-bond acceptors (Lipinski definition) is 3. The zero-order valence-corrected chi connectivity index (χ0v) is 12.3. The van der Waals surface area contributed by atoms with Gasteiger partial charge in [-0.3, -0.25) is 9.59 Å². The van der Waals surface area contributed by atoms with Gasteiger partial charge in [0.1, 0.15) is 0 Å². The highest BCUT2D eigenvalue weighted by atomic mass is 32.1. The maximum atomic E-state index is 12.4. The smallest absolute Gasteiger partial charge is 0.311 e. The second-order valence-electron chi connectivity index (χ2n) is 5.53. The Balaban J connectivity index is 2.20. The summed E-state index contributed by atoms with van der Waals surface area (Å²) < 4.78 is 0. The lowest BCUT2D eigenvalue weighted by Gasteiger charge is -2.28. The molecule has 1 N–H and O–H groups in total. The minimum Gasteiger partial charge on any atom is -0.481 e. The number of nitrogens with zero attached hydrogens (tertiary/aromatic N) is 1. The summed E-state index contributed by atoms with van der Waals surface area (Å²) in [5.74, 6) is -0.802. The molecule has 0 spiro atoms. The molecule has 4 nitrogen and oxygen atoms in total. The maximum absolute atomic E-state index is 12.4. The lowest BCUT2D eigenvalue weighted by molar-refractivity contribution is -0.150. The fraction of sp³-hybridized carbons (Fsp3) is 0.571. The minimum atomic E-state index is -0.791. The molecule has 19 heavy (non-hydrogen) atoms. The Bertz CT molecular complexity index is 509. The average molecular weight is 281 g/mol. The summed E-state index contributed by atoms with van der Waals surface area (Å²) in [6.45, 7) is 6.58. The fourth-order valence-electron chi connectivity index (χ4n) is 2.63. The molecule has 1 saturated heterocycles. The third-order valence-electron chi connectivity index (χ3n) is 4.18. The van der Waals surface area contributed by atoms with Crippen molar-refractivity contribution in [3.05, 3.63) is 21.9 Å². The van der Waals surface area contributed by atoms with Crippen molar-refractivity contribution in [2.75, 3.05) is 13.1 Å². The van der Waals surface area contributed by atoms with E-state index in [2.05, 4.69) is 0 Å². The van der Waals surface area contributed by atoms with Gasteiger partial charge in [-0.2, -0.15) is 0 Å². The number of aryl methyl sites for hydroxylation is 1. The van der Waals surface area contributed by atoms with Crippen LogP contribution in [0.1, 0.15) is 35.5 Å². The van der Waals surface area contributed by atoms with Crippen LogP contribution in [-0.4, -0.2) is 35.0 Å². The molecule has 5 heteroatoms. The molecule has 1 aromatic heterocycles. The van der Waals surface area contributed by atoms with E-state index in [0.717, 1.165) is 10.4 Å². The van der Waals surface area contributed by atoms with E-state index < -0.39 is 11.4 Å². The molecule has 1 amide bonds. The molecule has 0 bridgehead atoms. The van der Waals surface area contributed by atoms with Crippen LogP contribution in [0.5, 0.6) is 0 Å². The lowest BCUT2D eigenvalue weighted by Crippen LogP contribution is -2.40. The Morgan fingerprint density at radius 1 is 1.47 bits per heavy atom. The number of carbonyl (C=O) groups excluding carboxylic acids is 1. The van der Waals surface area contributed by atoms with E-state index in [1.165, 1.54) is 11.3 Å². The molecule has 1 aromatic rings. The first kappa shape index (κ1) is 14.1. The third-order valence-corrected chi connectivity index (χ3v) is 5.18. The fourth-order valence-corrected chi connectivity index (χ4v) is 3.53. The largest absolute Gasteiger partial charge is 0.481 e. The predicted octanol–water partition coefficient (Wildman–Crippen LogP) is 2.63. The maximum Gasteiger partial charge on any atom is 0.311 e. The molecule has 2 rings (SSSR count). The standard InChI is InChI=1S/C14H19NO3S/c1-9(2)14(13(17)18)5-6-15(8-14)12(16)11-10(3)4-7-19-11/h4,7,9H,5-6,8H2,1-3H3,(H,17,18). The van der Waals surface area contributed by atoms with Crippen molar-refractivity contribution < 1.29 is 14.7 Å². The van der Waals surface area contributed by atoms with Crippen LogP contribution in [0.4, 0.5) is 0 Å². The Hall–Kier alpha value is -1.36. The Labute approximate surface area is 117 Å². The number of carboxylic acid groups (broad SMARTS) is 1. The van der Waals surface area contributed by atoms with Gasteiger partial charge in [0, 0.05) is 13.1 Å². The zero-order valence-electron chi connectivity index (χ0n) is 11.5. The van der Waals surface area contributed by atoms with E-state index in [1.807, 2.05) is 32.2 Å². The van der Waals surface area contributed by atoms with E-state index in [1.54, 1.807) is 4.90 Å². The van der Waals surface area contributed by atoms with Crippen LogP contribution in [-0.2, 0) is 4.79 Å². The molecule has 1 aliphatic rings. The van der Waals surface area contributed by atoms with E-state index in [4.69, 9.17) is 0 Å². The van der Waals surface area contributed by atoms with E-state index in [-0.39, 0.29) is 11.8 Å². The van der Waals surface area contributed by atoms with Crippen molar-refractivity contribution in [1.29, 1.82) is 0 Å². The molecule has 0 radical (unpaired) electrons. The second kappa shape index (κ2) is 4.96. The van der Waals surface area contributed by atoms with E-state index in [0.29, 0.717) is 19.5 Å². The van der Waals surface area contributed by atoms with Crippen molar-refractivity contribution in [3.8, 4) is 0 Å². The highest BCUT2D eigenvalue weighted by Gasteiger charge is 2.48. The molecule has 2 heterocycles. The van der Waals surface area contributed by atoms with Crippen LogP contribution in [0.25, 0.3) is 0 Å². The Morgan fingerprint density at radius 3 is 2.58 bits per heavy atom. The lowest BCUT2D eigenvalue weighted by atomic mass is 9.76. The molecule has 1 aliphatic heterocycles. The molecule has 0 aliphatic carbocycles. The minimum absolute atomic E-state index is 0.0206. The first-order chi connectivity index (χ1) is 8.88. The van der Waals surface area contributed by atoms with Crippen LogP contribution < -0.4 is 0 Å². The third kappa shape index (κ3) is 2.27. The van der Waals surface area contributed by atoms with Gasteiger partial charge in [-0.1, -0.05) is 13.8 Å². The summed E-state index contributed by atoms with van der Waals surface area (Å²) in [4.78, 5) is 26.4. The summed E-state index contributed by atoms with van der Waals surface area (Å²) in [5, 5.41) is 11.4. The van der Waals surface area contributed by atoms with Crippen LogP contribution in [0.15, 0.2) is 11.4 Å². The number of thiophene rings is 1. The van der Waals surface area contributed by atoms with Gasteiger partial charge in [0.2, 0.25) is 0 Å². The van der Waals surface area contributed by atoms with Crippen LogP contribution in [0, 0.1) is 18.3 Å². The number of amides is 1. The predicted molar refractivity (Wildman–Crippen MR) is 74.5 cm³/mol. The highest BCUT2D eigenvalue weighted by molar-refractivity contribution is 7.12. The quantitative estimate of drug-likeness (QED) is 0.926.